The number of rotatable bonds is 6. The Balaban J connectivity index is 0.00000203. The second-order valence-corrected chi connectivity index (χ2v) is 27.0. The maximum Gasteiger partial charge on any atom is -0.147 e. The van der Waals surface area contributed by atoms with Gasteiger partial charge in [0.05, 0.1) is 0 Å². The van der Waals surface area contributed by atoms with Gasteiger partial charge in [-0.05, 0) is 0 Å². The number of aryl methyl sites for hydroxylation is 1. The maximum atomic E-state index is 2.63. The van der Waals surface area contributed by atoms with Gasteiger partial charge in [0.1, 0.15) is 0 Å². The van der Waals surface area contributed by atoms with Crippen molar-refractivity contribution in [2.24, 2.45) is 0 Å². The van der Waals surface area contributed by atoms with Crippen LogP contribution in [0, 0.1) is 6.92 Å². The van der Waals surface area contributed by atoms with Crippen molar-refractivity contribution in [1.82, 2.24) is 0 Å². The first-order valence-electron chi connectivity index (χ1n) is 17.5. The number of hydrogen-bond donors (Lipinski definition) is 0. The summed E-state index contributed by atoms with van der Waals surface area (Å²) < 4.78 is 3.51. The van der Waals surface area contributed by atoms with Gasteiger partial charge in [0, 0.05) is 0 Å². The molecular weight excluding hydrogens is 755 g/mol. The molecule has 0 aliphatic heterocycles. The topological polar surface area (TPSA) is 0 Å². The van der Waals surface area contributed by atoms with Crippen LogP contribution in [-0.4, -0.2) is 6.65 Å². The molecule has 7 aromatic rings. The molecule has 0 saturated heterocycles. The molecule has 0 amide bonds. The van der Waals surface area contributed by atoms with Gasteiger partial charge in [0.15, 0.2) is 0 Å². The summed E-state index contributed by atoms with van der Waals surface area (Å²) in [6.07, 6.45) is 5.26. The molecule has 0 radical (unpaired) electrons. The molecule has 2 atom stereocenters. The average Bonchev–Trinajstić information content (AvgIpc) is 3.62. The molecular formula is C47H41Cl2SiZr. The fourth-order valence-corrected chi connectivity index (χ4v) is 32.8. The van der Waals surface area contributed by atoms with E-state index in [-0.39, 0.29) is 35.6 Å². The van der Waals surface area contributed by atoms with Gasteiger partial charge in [-0.25, -0.2) is 0 Å². The number of hydrogen-bond acceptors (Lipinski definition) is 0. The zero-order chi connectivity index (χ0) is 33.2. The second-order valence-electron chi connectivity index (χ2n) is 14.3. The Morgan fingerprint density at radius 2 is 0.863 bits per heavy atom. The van der Waals surface area contributed by atoms with Crippen LogP contribution in [0.3, 0.4) is 0 Å². The van der Waals surface area contributed by atoms with E-state index in [9.17, 15) is 0 Å². The minimum Gasteiger partial charge on any atom is -0.147 e. The zero-order valence-corrected chi connectivity index (χ0v) is 34.7. The van der Waals surface area contributed by atoms with Crippen molar-refractivity contribution < 1.29 is 20.9 Å². The van der Waals surface area contributed by atoms with E-state index in [1.165, 1.54) is 59.1 Å². The summed E-state index contributed by atoms with van der Waals surface area (Å²) in [5.74, 6) is 0. The summed E-state index contributed by atoms with van der Waals surface area (Å²) in [6.45, 7) is 6.72. The summed E-state index contributed by atoms with van der Waals surface area (Å²) in [4.78, 5) is 0. The van der Waals surface area contributed by atoms with Gasteiger partial charge in [0.25, 0.3) is 0 Å². The Labute approximate surface area is 322 Å². The molecule has 51 heavy (non-hydrogen) atoms. The quantitative estimate of drug-likeness (QED) is 0.152. The first-order valence-corrected chi connectivity index (χ1v) is 26.6. The van der Waals surface area contributed by atoms with Crippen LogP contribution >= 0.6 is 24.8 Å². The molecule has 2 aliphatic carbocycles. The van der Waals surface area contributed by atoms with Crippen molar-refractivity contribution in [3.63, 3.8) is 0 Å². The van der Waals surface area contributed by atoms with Crippen molar-refractivity contribution in [2.45, 2.75) is 31.6 Å². The van der Waals surface area contributed by atoms with E-state index in [0.717, 1.165) is 0 Å². The largest absolute Gasteiger partial charge is 0.147 e. The van der Waals surface area contributed by atoms with E-state index in [1.807, 2.05) is 0 Å². The van der Waals surface area contributed by atoms with Crippen LogP contribution < -0.4 is 26.1 Å². The Morgan fingerprint density at radius 1 is 0.451 bits per heavy atom. The summed E-state index contributed by atoms with van der Waals surface area (Å²) in [6, 6.07) is 59.9. The number of benzene rings is 7. The van der Waals surface area contributed by atoms with Crippen LogP contribution in [0.5, 0.6) is 0 Å². The Hall–Kier alpha value is -3.78. The predicted molar refractivity (Wildman–Crippen MR) is 224 cm³/mol. The van der Waals surface area contributed by atoms with E-state index in [2.05, 4.69) is 191 Å². The molecule has 0 nitrogen and oxygen atoms in total. The third-order valence-electron chi connectivity index (χ3n) is 11.3. The van der Waals surface area contributed by atoms with Gasteiger partial charge in [-0.3, -0.25) is 0 Å². The van der Waals surface area contributed by atoms with Crippen molar-refractivity contribution in [1.29, 1.82) is 0 Å². The van der Waals surface area contributed by atoms with E-state index < -0.39 is 27.6 Å². The van der Waals surface area contributed by atoms with E-state index >= 15 is 0 Å². The molecule has 0 spiro atoms. The molecule has 0 fully saturated rings. The minimum absolute atomic E-state index is 0. The van der Waals surface area contributed by atoms with Crippen LogP contribution in [0.1, 0.15) is 30.5 Å². The van der Waals surface area contributed by atoms with Gasteiger partial charge in [0.2, 0.25) is 0 Å². The van der Waals surface area contributed by atoms with Gasteiger partial charge in [-0.1, -0.05) is 0 Å². The summed E-state index contributed by atoms with van der Waals surface area (Å²) in [5, 5.41) is 12.8. The zero-order valence-electron chi connectivity index (χ0n) is 29.2. The Bertz CT molecular complexity index is 2540. The molecule has 0 N–H and O–H groups in total. The molecule has 0 heterocycles. The maximum absolute atomic E-state index is 2.81. The smallest absolute Gasteiger partial charge is 0.147 e. The fourth-order valence-electron chi connectivity index (χ4n) is 9.06. The first-order chi connectivity index (χ1) is 24.0. The van der Waals surface area contributed by atoms with Crippen LogP contribution in [-0.2, 0) is 31.7 Å². The van der Waals surface area contributed by atoms with Gasteiger partial charge in [-0.15, -0.1) is 24.8 Å². The predicted octanol–water partition coefficient (Wildman–Crippen LogP) is 7.59. The van der Waals surface area contributed by atoms with Crippen LogP contribution in [0.2, 0.25) is 0 Å². The van der Waals surface area contributed by atoms with Gasteiger partial charge < -0.3 is 0 Å². The molecule has 0 saturated carbocycles. The van der Waals surface area contributed by atoms with E-state index in [1.54, 1.807) is 11.7 Å². The molecule has 7 aromatic carbocycles. The van der Waals surface area contributed by atoms with Crippen molar-refractivity contribution in [3.8, 4) is 0 Å². The monoisotopic (exact) mass is 793 g/mol. The summed E-state index contributed by atoms with van der Waals surface area (Å²) >= 11 is -2.81. The van der Waals surface area contributed by atoms with E-state index in [4.69, 9.17) is 0 Å². The average molecular weight is 796 g/mol. The van der Waals surface area contributed by atoms with E-state index in [0.29, 0.717) is 0 Å². The molecule has 2 aliphatic rings. The number of halogens is 2. The Morgan fingerprint density at radius 3 is 1.37 bits per heavy atom. The Kier molecular flexibility index (Phi) is 9.76. The molecule has 0 aromatic heterocycles. The number of fused-ring (bicyclic) bond motifs is 4. The van der Waals surface area contributed by atoms with Gasteiger partial charge >= 0.3 is 300 Å². The molecule has 0 bridgehead atoms. The second kappa shape index (κ2) is 14.0. The van der Waals surface area contributed by atoms with Crippen molar-refractivity contribution >= 4 is 76.9 Å². The first kappa shape index (κ1) is 35.6. The van der Waals surface area contributed by atoms with Crippen molar-refractivity contribution in [3.05, 3.63) is 195 Å². The summed E-state index contributed by atoms with van der Waals surface area (Å²) in [7, 11) is 0. The van der Waals surface area contributed by atoms with Crippen LogP contribution in [0.15, 0.2) is 158 Å². The molecule has 2 unspecified atom stereocenters. The third kappa shape index (κ3) is 5.76. The molecule has 251 valence electrons. The normalized spacial score (nSPS) is 18.9. The van der Waals surface area contributed by atoms with Crippen LogP contribution in [0.25, 0.3) is 40.3 Å². The molecule has 4 heteroatoms. The minimum atomic E-state index is -2.81. The SMILES string of the molecule is Cc1ccccc1[SiH2][Zr]([C]1=c2ccccc2=CC1(C)c1cccc2ccccc12)[C]1=c2ccccc2=CC1(C)c1cccc2ccccc12.Cl.Cl. The van der Waals surface area contributed by atoms with Crippen molar-refractivity contribution in [2.75, 3.05) is 0 Å². The summed E-state index contributed by atoms with van der Waals surface area (Å²) in [5.41, 5.74) is 3.92. The molecule has 9 rings (SSSR count). The third-order valence-corrected chi connectivity index (χ3v) is 29.3. The standard InChI is InChI=1S/2C20H15.C7H9Si.2ClH.Zr/c2*1-20(13-16-8-2-3-9-17(16)14-20)19-12-6-10-15-7-4-5-11-18(15)19;1-6-4-2-3-5-7(6)8;;;/h2*2-13H,1H3;2-5H,8H2,1H3;2*1H;. The van der Waals surface area contributed by atoms with Crippen LogP contribution in [0.4, 0.5) is 0 Å². The van der Waals surface area contributed by atoms with Gasteiger partial charge in [-0.2, -0.15) is 0 Å². The fraction of sp³-hybridized carbons (Fsp3) is 0.106.